The van der Waals surface area contributed by atoms with Crippen molar-refractivity contribution in [2.24, 2.45) is 0 Å². The fourth-order valence-corrected chi connectivity index (χ4v) is 5.83. The Balaban J connectivity index is 1.57. The lowest BCUT2D eigenvalue weighted by molar-refractivity contribution is 0.203. The molecule has 2 aromatic carbocycles. The SMILES string of the molecule is COc1cccc(CC#CC2=CN3C(=O)N(Cc4ccc(F)c(F)c4)S(=O)(=O)C(C)=C3S2)c1. The van der Waals surface area contributed by atoms with Gasteiger partial charge in [-0.2, -0.15) is 0 Å². The third kappa shape index (κ3) is 4.47. The number of sulfonamides is 1. The van der Waals surface area contributed by atoms with Crippen LogP contribution >= 0.6 is 11.8 Å². The predicted octanol–water partition coefficient (Wildman–Crippen LogP) is 4.56. The molecule has 0 atom stereocenters. The summed E-state index contributed by atoms with van der Waals surface area (Å²) in [4.78, 5) is 14.7. The molecule has 0 aliphatic carbocycles. The molecule has 6 nitrogen and oxygen atoms in total. The van der Waals surface area contributed by atoms with Gasteiger partial charge in [-0.15, -0.1) is 0 Å². The molecule has 2 aliphatic rings. The molecule has 0 unspecified atom stereocenters. The Hall–Kier alpha value is -3.29. The quantitative estimate of drug-likeness (QED) is 0.590. The maximum absolute atomic E-state index is 13.6. The molecule has 2 aromatic rings. The minimum atomic E-state index is -4.13. The van der Waals surface area contributed by atoms with E-state index in [2.05, 4.69) is 11.8 Å². The van der Waals surface area contributed by atoms with Gasteiger partial charge in [0.05, 0.1) is 23.5 Å². The van der Waals surface area contributed by atoms with Crippen LogP contribution in [0.2, 0.25) is 0 Å². The molecular weight excluding hydrogens is 470 g/mol. The van der Waals surface area contributed by atoms with Crippen molar-refractivity contribution < 1.29 is 26.7 Å². The van der Waals surface area contributed by atoms with E-state index < -0.39 is 34.2 Å². The lowest BCUT2D eigenvalue weighted by atomic mass is 10.1. The standard InChI is InChI=1S/C23H18F2N2O4S2/c1-15-22-26(14-19(32-22)8-4-6-16-5-3-7-18(11-16)31-2)23(28)27(33(15,29)30)13-17-9-10-20(24)21(25)12-17/h3,5,7,9-12,14H,6,13H2,1-2H3. The smallest absolute Gasteiger partial charge is 0.343 e. The summed E-state index contributed by atoms with van der Waals surface area (Å²) in [7, 11) is -2.55. The van der Waals surface area contributed by atoms with Gasteiger partial charge >= 0.3 is 6.03 Å². The van der Waals surface area contributed by atoms with Crippen molar-refractivity contribution in [3.8, 4) is 17.6 Å². The second-order valence-electron chi connectivity index (χ2n) is 7.20. The molecule has 0 radical (unpaired) electrons. The molecule has 0 saturated carbocycles. The largest absolute Gasteiger partial charge is 0.497 e. The molecule has 170 valence electrons. The van der Waals surface area contributed by atoms with E-state index in [0.717, 1.165) is 35.2 Å². The van der Waals surface area contributed by atoms with Crippen LogP contribution in [-0.2, 0) is 23.0 Å². The minimum absolute atomic E-state index is 0.0180. The summed E-state index contributed by atoms with van der Waals surface area (Å²) in [6.45, 7) is 0.977. The van der Waals surface area contributed by atoms with Crippen LogP contribution in [0, 0.1) is 23.5 Å². The van der Waals surface area contributed by atoms with Crippen LogP contribution in [0.25, 0.3) is 0 Å². The number of nitrogens with zero attached hydrogens (tertiary/aromatic N) is 2. The lowest BCUT2D eigenvalue weighted by Gasteiger charge is -2.32. The number of carbonyl (C=O) groups is 1. The first-order valence-corrected chi connectivity index (χ1v) is 12.0. The van der Waals surface area contributed by atoms with Crippen molar-refractivity contribution in [3.05, 3.63) is 86.3 Å². The third-order valence-electron chi connectivity index (χ3n) is 5.02. The molecule has 0 aromatic heterocycles. The Morgan fingerprint density at radius 1 is 1.09 bits per heavy atom. The Labute approximate surface area is 194 Å². The zero-order chi connectivity index (χ0) is 23.8. The van der Waals surface area contributed by atoms with E-state index in [1.807, 2.05) is 24.3 Å². The van der Waals surface area contributed by atoms with Crippen LogP contribution in [0.3, 0.4) is 0 Å². The summed E-state index contributed by atoms with van der Waals surface area (Å²) in [5.41, 5.74) is 1.10. The normalized spacial score (nSPS) is 16.8. The number of halogens is 2. The molecular formula is C23H18F2N2O4S2. The van der Waals surface area contributed by atoms with E-state index in [4.69, 9.17) is 4.74 Å². The van der Waals surface area contributed by atoms with E-state index in [-0.39, 0.29) is 15.5 Å². The molecule has 0 fully saturated rings. The van der Waals surface area contributed by atoms with Crippen molar-refractivity contribution in [1.29, 1.82) is 0 Å². The molecule has 0 N–H and O–H groups in total. The summed E-state index contributed by atoms with van der Waals surface area (Å²) in [5.74, 6) is 4.54. The first-order chi connectivity index (χ1) is 15.7. The second-order valence-corrected chi connectivity index (χ2v) is 10.2. The fraction of sp³-hybridized carbons (Fsp3) is 0.174. The van der Waals surface area contributed by atoms with Crippen molar-refractivity contribution >= 4 is 27.8 Å². The highest BCUT2D eigenvalue weighted by Crippen LogP contribution is 2.43. The Kier molecular flexibility index (Phi) is 6.19. The first kappa shape index (κ1) is 22.9. The Morgan fingerprint density at radius 2 is 1.88 bits per heavy atom. The number of allylic oxidation sites excluding steroid dienone is 2. The third-order valence-corrected chi connectivity index (χ3v) is 8.10. The highest BCUT2D eigenvalue weighted by Gasteiger charge is 2.43. The van der Waals surface area contributed by atoms with Gasteiger partial charge in [-0.1, -0.05) is 41.8 Å². The van der Waals surface area contributed by atoms with E-state index in [9.17, 15) is 22.0 Å². The molecule has 0 bridgehead atoms. The number of fused-ring (bicyclic) bond motifs is 1. The first-order valence-electron chi connectivity index (χ1n) is 9.73. The lowest BCUT2D eigenvalue weighted by Crippen LogP contribution is -2.46. The highest BCUT2D eigenvalue weighted by molar-refractivity contribution is 8.08. The number of ether oxygens (including phenoxy) is 1. The summed E-state index contributed by atoms with van der Waals surface area (Å²) >= 11 is 1.10. The molecule has 4 rings (SSSR count). The van der Waals surface area contributed by atoms with Crippen molar-refractivity contribution in [3.63, 3.8) is 0 Å². The molecule has 2 aliphatic heterocycles. The number of urea groups is 1. The van der Waals surface area contributed by atoms with E-state index in [1.165, 1.54) is 24.1 Å². The van der Waals surface area contributed by atoms with Crippen LogP contribution < -0.4 is 4.74 Å². The Bertz CT molecular complexity index is 1370. The van der Waals surface area contributed by atoms with Crippen molar-refractivity contribution in [2.75, 3.05) is 7.11 Å². The number of benzene rings is 2. The fourth-order valence-electron chi connectivity index (χ4n) is 3.27. The van der Waals surface area contributed by atoms with Crippen molar-refractivity contribution in [1.82, 2.24) is 9.21 Å². The number of thioether (sulfide) groups is 1. The van der Waals surface area contributed by atoms with E-state index in [1.54, 1.807) is 7.11 Å². The molecule has 2 heterocycles. The van der Waals surface area contributed by atoms with E-state index >= 15 is 0 Å². The van der Waals surface area contributed by atoms with Gasteiger partial charge in [-0.3, -0.25) is 4.90 Å². The topological polar surface area (TPSA) is 66.9 Å². The summed E-state index contributed by atoms with van der Waals surface area (Å²) < 4.78 is 58.5. The Morgan fingerprint density at radius 3 is 2.61 bits per heavy atom. The van der Waals surface area contributed by atoms with Crippen molar-refractivity contribution in [2.45, 2.75) is 19.9 Å². The molecule has 2 amide bonds. The van der Waals surface area contributed by atoms with Gasteiger partial charge in [0.15, 0.2) is 11.6 Å². The zero-order valence-electron chi connectivity index (χ0n) is 17.6. The number of hydrogen-bond donors (Lipinski definition) is 0. The monoisotopic (exact) mass is 488 g/mol. The van der Waals surface area contributed by atoms with Crippen LogP contribution in [0.15, 0.2) is 63.5 Å². The van der Waals surface area contributed by atoms with Crippen LogP contribution in [-0.4, -0.2) is 30.8 Å². The number of carbonyl (C=O) groups excluding carboxylic acids is 1. The number of methoxy groups -OCH3 is 1. The van der Waals surface area contributed by atoms with Crippen LogP contribution in [0.5, 0.6) is 5.75 Å². The number of rotatable bonds is 4. The summed E-state index contributed by atoms with van der Waals surface area (Å²) in [6, 6.07) is 9.66. The minimum Gasteiger partial charge on any atom is -0.497 e. The van der Waals surface area contributed by atoms with Gasteiger partial charge in [0.2, 0.25) is 0 Å². The second kappa shape index (κ2) is 8.92. The van der Waals surface area contributed by atoms with Gasteiger partial charge in [-0.25, -0.2) is 26.3 Å². The van der Waals surface area contributed by atoms with Crippen LogP contribution in [0.1, 0.15) is 18.1 Å². The van der Waals surface area contributed by atoms with Gasteiger partial charge in [0.25, 0.3) is 10.0 Å². The van der Waals surface area contributed by atoms with Crippen LogP contribution in [0.4, 0.5) is 13.6 Å². The summed E-state index contributed by atoms with van der Waals surface area (Å²) in [5, 5.41) is 0.257. The molecule has 0 spiro atoms. The van der Waals surface area contributed by atoms with Gasteiger partial charge < -0.3 is 4.74 Å². The molecule has 33 heavy (non-hydrogen) atoms. The summed E-state index contributed by atoms with van der Waals surface area (Å²) in [6.07, 6.45) is 1.93. The van der Waals surface area contributed by atoms with Gasteiger partial charge in [-0.05, 0) is 42.3 Å². The maximum atomic E-state index is 13.6. The number of amides is 2. The van der Waals surface area contributed by atoms with Gasteiger partial charge in [0.1, 0.15) is 10.8 Å². The average Bonchev–Trinajstić information content (AvgIpc) is 3.22. The maximum Gasteiger partial charge on any atom is 0.343 e. The van der Waals surface area contributed by atoms with Gasteiger partial charge in [0, 0.05) is 12.6 Å². The average molecular weight is 489 g/mol. The number of hydrogen-bond acceptors (Lipinski definition) is 5. The highest BCUT2D eigenvalue weighted by atomic mass is 32.2. The predicted molar refractivity (Wildman–Crippen MR) is 121 cm³/mol. The zero-order valence-corrected chi connectivity index (χ0v) is 19.3. The molecule has 0 saturated heterocycles. The molecule has 10 heteroatoms. The van der Waals surface area contributed by atoms with E-state index in [0.29, 0.717) is 15.6 Å².